The minimum atomic E-state index is -1.37. The van der Waals surface area contributed by atoms with Crippen molar-refractivity contribution < 1.29 is 33.0 Å². The minimum Gasteiger partial charge on any atom is -0.491 e. The number of nitrogens with one attached hydrogen (secondary N) is 2. The van der Waals surface area contributed by atoms with Gasteiger partial charge in [0.1, 0.15) is 5.60 Å². The molecular formula is C30H33ClF2N6O5. The second kappa shape index (κ2) is 12.9. The van der Waals surface area contributed by atoms with E-state index in [9.17, 15) is 28.3 Å². The zero-order chi connectivity index (χ0) is 31.6. The molecular weight excluding hydrogens is 598 g/mol. The number of piperazine rings is 1. The molecule has 3 N–H and O–H groups in total. The Hall–Kier alpha value is -4.07. The van der Waals surface area contributed by atoms with Crippen molar-refractivity contribution in [2.45, 2.75) is 25.4 Å². The van der Waals surface area contributed by atoms with Crippen LogP contribution in [0.25, 0.3) is 11.3 Å². The van der Waals surface area contributed by atoms with Crippen LogP contribution in [0.15, 0.2) is 36.5 Å². The van der Waals surface area contributed by atoms with Crippen LogP contribution >= 0.6 is 11.6 Å². The van der Waals surface area contributed by atoms with Crippen LogP contribution in [-0.4, -0.2) is 93.7 Å². The van der Waals surface area contributed by atoms with Gasteiger partial charge in [0.15, 0.2) is 17.4 Å². The number of benzene rings is 2. The molecule has 2 aliphatic heterocycles. The average molecular weight is 631 g/mol. The second-order valence-electron chi connectivity index (χ2n) is 10.7. The summed E-state index contributed by atoms with van der Waals surface area (Å²) in [7, 11) is 1.50. The van der Waals surface area contributed by atoms with Gasteiger partial charge in [-0.3, -0.25) is 14.4 Å². The topological polar surface area (TPSA) is 129 Å². The Morgan fingerprint density at radius 3 is 2.41 bits per heavy atom. The molecule has 0 radical (unpaired) electrons. The van der Waals surface area contributed by atoms with Crippen molar-refractivity contribution in [1.82, 2.24) is 24.7 Å². The predicted octanol–water partition coefficient (Wildman–Crippen LogP) is 3.07. The van der Waals surface area contributed by atoms with Crippen molar-refractivity contribution in [1.29, 1.82) is 0 Å². The number of amides is 3. The number of imidazole rings is 1. The van der Waals surface area contributed by atoms with E-state index < -0.39 is 23.1 Å². The van der Waals surface area contributed by atoms with Crippen molar-refractivity contribution >= 4 is 35.0 Å². The van der Waals surface area contributed by atoms with Crippen LogP contribution in [0.1, 0.15) is 40.7 Å². The molecule has 2 saturated heterocycles. The summed E-state index contributed by atoms with van der Waals surface area (Å²) in [4.78, 5) is 46.4. The van der Waals surface area contributed by atoms with Crippen molar-refractivity contribution in [3.63, 3.8) is 0 Å². The lowest BCUT2D eigenvalue weighted by molar-refractivity contribution is -0.155. The Morgan fingerprint density at radius 2 is 1.75 bits per heavy atom. The van der Waals surface area contributed by atoms with Crippen molar-refractivity contribution in [3.8, 4) is 17.0 Å². The van der Waals surface area contributed by atoms with E-state index in [-0.39, 0.29) is 64.9 Å². The molecule has 3 amide bonds. The van der Waals surface area contributed by atoms with E-state index in [1.807, 2.05) is 0 Å². The molecule has 2 fully saturated rings. The van der Waals surface area contributed by atoms with Gasteiger partial charge in [-0.25, -0.2) is 9.37 Å². The molecule has 0 unspecified atom stereocenters. The van der Waals surface area contributed by atoms with Gasteiger partial charge in [0.2, 0.25) is 5.82 Å². The maximum atomic E-state index is 14.8. The Balaban J connectivity index is 1.22. The summed E-state index contributed by atoms with van der Waals surface area (Å²) < 4.78 is 35.6. The third-order valence-corrected chi connectivity index (χ3v) is 8.27. The number of ether oxygens (including phenoxy) is 1. The lowest BCUT2D eigenvalue weighted by Crippen LogP contribution is -2.59. The van der Waals surface area contributed by atoms with Crippen LogP contribution in [0.5, 0.6) is 5.75 Å². The second-order valence-corrected chi connectivity index (χ2v) is 11.1. The molecule has 234 valence electrons. The summed E-state index contributed by atoms with van der Waals surface area (Å²) in [6.07, 6.45) is 1.97. The highest BCUT2D eigenvalue weighted by atomic mass is 35.5. The third kappa shape index (κ3) is 6.12. The lowest BCUT2D eigenvalue weighted by atomic mass is 9.90. The minimum absolute atomic E-state index is 0.0634. The van der Waals surface area contributed by atoms with Gasteiger partial charge in [0.25, 0.3) is 17.7 Å². The SMILES string of the molecule is CCOc1ccc(-c2cnc(C(=O)Nc3ccc(C(=O)N4CCN(C(=O)C5(O)CCNCC5)CC4)c(Cl)c3)n2C)c(F)c1F. The van der Waals surface area contributed by atoms with Gasteiger partial charge < -0.3 is 34.8 Å². The van der Waals surface area contributed by atoms with E-state index >= 15 is 0 Å². The number of hydrogen-bond donors (Lipinski definition) is 3. The Labute approximate surface area is 257 Å². The van der Waals surface area contributed by atoms with E-state index in [2.05, 4.69) is 15.6 Å². The molecule has 0 spiro atoms. The molecule has 1 aromatic heterocycles. The van der Waals surface area contributed by atoms with Crippen molar-refractivity contribution in [2.75, 3.05) is 51.2 Å². The number of anilines is 1. The normalized spacial score (nSPS) is 16.5. The predicted molar refractivity (Wildman–Crippen MR) is 159 cm³/mol. The Morgan fingerprint density at radius 1 is 1.07 bits per heavy atom. The monoisotopic (exact) mass is 630 g/mol. The molecule has 3 aromatic rings. The number of halogens is 3. The third-order valence-electron chi connectivity index (χ3n) is 7.95. The summed E-state index contributed by atoms with van der Waals surface area (Å²) in [5, 5.41) is 16.7. The van der Waals surface area contributed by atoms with Crippen molar-refractivity contribution in [3.05, 3.63) is 64.6 Å². The highest BCUT2D eigenvalue weighted by Crippen LogP contribution is 2.31. The molecule has 0 saturated carbocycles. The summed E-state index contributed by atoms with van der Waals surface area (Å²) in [6, 6.07) is 7.12. The molecule has 0 bridgehead atoms. The van der Waals surface area contributed by atoms with E-state index in [0.29, 0.717) is 44.7 Å². The first-order chi connectivity index (χ1) is 21.0. The number of aromatic nitrogens is 2. The van der Waals surface area contributed by atoms with Crippen molar-refractivity contribution in [2.24, 2.45) is 7.05 Å². The van der Waals surface area contributed by atoms with E-state index in [1.54, 1.807) is 16.7 Å². The molecule has 5 rings (SSSR count). The number of carbonyl (C=O) groups excluding carboxylic acids is 3. The molecule has 44 heavy (non-hydrogen) atoms. The van der Waals surface area contributed by atoms with Crippen LogP contribution in [0.3, 0.4) is 0 Å². The van der Waals surface area contributed by atoms with Crippen LogP contribution in [0.4, 0.5) is 14.5 Å². The van der Waals surface area contributed by atoms with Crippen LogP contribution in [0.2, 0.25) is 5.02 Å². The first-order valence-electron chi connectivity index (χ1n) is 14.3. The fourth-order valence-electron chi connectivity index (χ4n) is 5.45. The highest BCUT2D eigenvalue weighted by molar-refractivity contribution is 6.34. The van der Waals surface area contributed by atoms with Gasteiger partial charge >= 0.3 is 0 Å². The highest BCUT2D eigenvalue weighted by Gasteiger charge is 2.41. The van der Waals surface area contributed by atoms with Crippen LogP contribution in [-0.2, 0) is 11.8 Å². The number of nitrogens with zero attached hydrogens (tertiary/aromatic N) is 4. The van der Waals surface area contributed by atoms with Gasteiger partial charge in [-0.2, -0.15) is 4.39 Å². The van der Waals surface area contributed by atoms with Gasteiger partial charge in [-0.1, -0.05) is 11.6 Å². The summed E-state index contributed by atoms with van der Waals surface area (Å²) >= 11 is 6.44. The van der Waals surface area contributed by atoms with Gasteiger partial charge in [-0.15, -0.1) is 0 Å². The zero-order valence-corrected chi connectivity index (χ0v) is 25.1. The zero-order valence-electron chi connectivity index (χ0n) is 24.3. The van der Waals surface area contributed by atoms with E-state index in [4.69, 9.17) is 16.3 Å². The smallest absolute Gasteiger partial charge is 0.291 e. The van der Waals surface area contributed by atoms with Crippen LogP contribution in [0, 0.1) is 11.6 Å². The maximum absolute atomic E-state index is 14.8. The molecule has 2 aliphatic rings. The Kier molecular flexibility index (Phi) is 9.18. The number of aliphatic hydroxyl groups is 1. The van der Waals surface area contributed by atoms with Gasteiger partial charge in [0, 0.05) is 44.5 Å². The average Bonchev–Trinajstić information content (AvgIpc) is 3.40. The number of piperidine rings is 1. The lowest BCUT2D eigenvalue weighted by Gasteiger charge is -2.40. The molecule has 0 atom stereocenters. The number of rotatable bonds is 7. The number of carbonyl (C=O) groups is 3. The molecule has 11 nitrogen and oxygen atoms in total. The van der Waals surface area contributed by atoms with E-state index in [0.717, 1.165) is 0 Å². The molecule has 2 aromatic carbocycles. The first kappa shape index (κ1) is 31.4. The molecule has 0 aliphatic carbocycles. The molecule has 3 heterocycles. The quantitative estimate of drug-likeness (QED) is 0.366. The summed E-state index contributed by atoms with van der Waals surface area (Å²) in [5.74, 6) is -3.78. The fourth-order valence-corrected chi connectivity index (χ4v) is 5.71. The number of hydrogen-bond acceptors (Lipinski definition) is 7. The van der Waals surface area contributed by atoms with Gasteiger partial charge in [-0.05, 0) is 63.2 Å². The fraction of sp³-hybridized carbons (Fsp3) is 0.400. The maximum Gasteiger partial charge on any atom is 0.291 e. The summed E-state index contributed by atoms with van der Waals surface area (Å²) in [5.41, 5.74) is -0.752. The van der Waals surface area contributed by atoms with E-state index in [1.165, 1.54) is 48.1 Å². The Bertz CT molecular complexity index is 1580. The largest absolute Gasteiger partial charge is 0.491 e. The van der Waals surface area contributed by atoms with Crippen LogP contribution < -0.4 is 15.4 Å². The standard InChI is InChI=1S/C30H33ClF2N6O5/c1-3-44-23-7-6-20(24(32)25(23)33)22-17-35-26(37(22)2)27(40)36-18-4-5-19(21(31)16-18)28(41)38-12-14-39(15-13-38)29(42)30(43)8-10-34-11-9-30/h4-7,16-17,34,43H,3,8-15H2,1-2H3,(H,36,40). The summed E-state index contributed by atoms with van der Waals surface area (Å²) in [6.45, 7) is 4.14. The first-order valence-corrected chi connectivity index (χ1v) is 14.7. The molecule has 14 heteroatoms. The van der Waals surface area contributed by atoms with Gasteiger partial charge in [0.05, 0.1) is 29.1 Å².